The maximum atomic E-state index is 12.0. The summed E-state index contributed by atoms with van der Waals surface area (Å²) in [4.78, 5) is 22.2. The molecule has 2 rings (SSSR count). The monoisotopic (exact) mass is 278 g/mol. The van der Waals surface area contributed by atoms with Gasteiger partial charge in [0.15, 0.2) is 0 Å². The SMILES string of the molecule is CCn1cc([N+](=O)[O-])cc1C(=O)NCc1cn[nH]c1N. The van der Waals surface area contributed by atoms with Crippen molar-refractivity contribution in [1.29, 1.82) is 0 Å². The molecule has 20 heavy (non-hydrogen) atoms. The lowest BCUT2D eigenvalue weighted by Gasteiger charge is -2.06. The molecule has 0 unspecified atom stereocenters. The van der Waals surface area contributed by atoms with Crippen LogP contribution in [0, 0.1) is 10.1 Å². The van der Waals surface area contributed by atoms with Crippen molar-refractivity contribution in [2.24, 2.45) is 0 Å². The van der Waals surface area contributed by atoms with Crippen molar-refractivity contribution >= 4 is 17.4 Å². The Balaban J connectivity index is 2.12. The highest BCUT2D eigenvalue weighted by molar-refractivity contribution is 5.93. The second-order valence-electron chi connectivity index (χ2n) is 4.12. The summed E-state index contributed by atoms with van der Waals surface area (Å²) >= 11 is 0. The quantitative estimate of drug-likeness (QED) is 0.545. The maximum Gasteiger partial charge on any atom is 0.287 e. The molecule has 0 aliphatic rings. The standard InChI is InChI=1S/C11H14N6O3/c1-2-16-6-8(17(19)20)3-9(16)11(18)13-4-7-5-14-15-10(7)12/h3,5-6H,2,4H2,1H3,(H,13,18)(H3,12,14,15). The molecule has 2 heterocycles. The third-order valence-corrected chi connectivity index (χ3v) is 2.86. The second kappa shape index (κ2) is 5.43. The number of aromatic nitrogens is 3. The number of aryl methyl sites for hydroxylation is 1. The van der Waals surface area contributed by atoms with Gasteiger partial charge in [0, 0.05) is 24.7 Å². The Hall–Kier alpha value is -2.84. The van der Waals surface area contributed by atoms with Crippen LogP contribution in [0.4, 0.5) is 11.5 Å². The lowest BCUT2D eigenvalue weighted by atomic mass is 10.3. The van der Waals surface area contributed by atoms with Crippen LogP contribution in [0.2, 0.25) is 0 Å². The van der Waals surface area contributed by atoms with Gasteiger partial charge in [-0.3, -0.25) is 20.0 Å². The largest absolute Gasteiger partial charge is 0.384 e. The zero-order chi connectivity index (χ0) is 14.7. The average molecular weight is 278 g/mol. The normalized spacial score (nSPS) is 10.4. The Bertz CT molecular complexity index is 644. The van der Waals surface area contributed by atoms with E-state index in [4.69, 9.17) is 5.73 Å². The van der Waals surface area contributed by atoms with Crippen LogP contribution in [0.15, 0.2) is 18.5 Å². The molecule has 0 aliphatic carbocycles. The predicted octanol–water partition coefficient (Wildman–Crippen LogP) is 0.651. The molecular formula is C11H14N6O3. The van der Waals surface area contributed by atoms with Gasteiger partial charge >= 0.3 is 0 Å². The molecule has 0 saturated heterocycles. The number of nitro groups is 1. The molecule has 0 atom stereocenters. The van der Waals surface area contributed by atoms with Gasteiger partial charge in [0.05, 0.1) is 17.3 Å². The van der Waals surface area contributed by atoms with Crippen LogP contribution < -0.4 is 11.1 Å². The van der Waals surface area contributed by atoms with Crippen molar-refractivity contribution in [1.82, 2.24) is 20.1 Å². The minimum atomic E-state index is -0.531. The molecule has 1 amide bonds. The van der Waals surface area contributed by atoms with E-state index in [-0.39, 0.29) is 17.9 Å². The number of carbonyl (C=O) groups is 1. The van der Waals surface area contributed by atoms with Gasteiger partial charge in [-0.15, -0.1) is 0 Å². The van der Waals surface area contributed by atoms with Crippen molar-refractivity contribution in [3.8, 4) is 0 Å². The molecule has 2 aromatic heterocycles. The van der Waals surface area contributed by atoms with Gasteiger partial charge in [-0.1, -0.05) is 0 Å². The topological polar surface area (TPSA) is 132 Å². The van der Waals surface area contributed by atoms with Gasteiger partial charge in [0.2, 0.25) is 0 Å². The first kappa shape index (κ1) is 13.6. The van der Waals surface area contributed by atoms with E-state index in [1.807, 2.05) is 0 Å². The van der Waals surface area contributed by atoms with E-state index in [2.05, 4.69) is 15.5 Å². The molecule has 0 aliphatic heterocycles. The Labute approximate surface area is 113 Å². The fourth-order valence-electron chi connectivity index (χ4n) is 1.77. The summed E-state index contributed by atoms with van der Waals surface area (Å²) in [5, 5.41) is 19.7. The van der Waals surface area contributed by atoms with Gasteiger partial charge in [0.25, 0.3) is 11.6 Å². The fraction of sp³-hybridized carbons (Fsp3) is 0.273. The molecule has 0 saturated carbocycles. The summed E-state index contributed by atoms with van der Waals surface area (Å²) in [6.07, 6.45) is 2.85. The van der Waals surface area contributed by atoms with E-state index in [9.17, 15) is 14.9 Å². The summed E-state index contributed by atoms with van der Waals surface area (Å²) in [7, 11) is 0. The number of nitrogens with one attached hydrogen (secondary N) is 2. The molecule has 0 aromatic carbocycles. The van der Waals surface area contributed by atoms with Crippen LogP contribution >= 0.6 is 0 Å². The smallest absolute Gasteiger partial charge is 0.287 e. The van der Waals surface area contributed by atoms with E-state index in [0.29, 0.717) is 17.9 Å². The number of carbonyl (C=O) groups excluding carboxylic acids is 1. The highest BCUT2D eigenvalue weighted by Gasteiger charge is 2.18. The zero-order valence-corrected chi connectivity index (χ0v) is 10.8. The Morgan fingerprint density at radius 1 is 1.65 bits per heavy atom. The number of nitrogen functional groups attached to an aromatic ring is 1. The van der Waals surface area contributed by atoms with Gasteiger partial charge in [-0.05, 0) is 6.92 Å². The predicted molar refractivity (Wildman–Crippen MR) is 70.9 cm³/mol. The first-order valence-corrected chi connectivity index (χ1v) is 5.93. The molecule has 9 heteroatoms. The molecule has 106 valence electrons. The Kier molecular flexibility index (Phi) is 3.69. The number of hydrogen-bond acceptors (Lipinski definition) is 5. The van der Waals surface area contributed by atoms with E-state index in [1.165, 1.54) is 23.0 Å². The van der Waals surface area contributed by atoms with Crippen molar-refractivity contribution in [3.63, 3.8) is 0 Å². The van der Waals surface area contributed by atoms with Crippen LogP contribution in [0.1, 0.15) is 23.0 Å². The number of hydrogen-bond donors (Lipinski definition) is 3. The van der Waals surface area contributed by atoms with Crippen molar-refractivity contribution in [3.05, 3.63) is 39.8 Å². The summed E-state index contributed by atoms with van der Waals surface area (Å²) in [6.45, 7) is 2.46. The molecule has 0 spiro atoms. The first-order chi connectivity index (χ1) is 9.52. The van der Waals surface area contributed by atoms with Gasteiger partial charge in [-0.2, -0.15) is 5.10 Å². The van der Waals surface area contributed by atoms with Gasteiger partial charge < -0.3 is 15.6 Å². The van der Waals surface area contributed by atoms with E-state index in [1.54, 1.807) is 6.92 Å². The number of H-pyrrole nitrogens is 1. The fourth-order valence-corrected chi connectivity index (χ4v) is 1.77. The number of amides is 1. The lowest BCUT2D eigenvalue weighted by molar-refractivity contribution is -0.384. The third kappa shape index (κ3) is 2.60. The van der Waals surface area contributed by atoms with Gasteiger partial charge in [0.1, 0.15) is 11.5 Å². The van der Waals surface area contributed by atoms with Crippen molar-refractivity contribution < 1.29 is 9.72 Å². The summed E-state index contributed by atoms with van der Waals surface area (Å²) in [6, 6.07) is 1.25. The van der Waals surface area contributed by atoms with Crippen LogP contribution in [0.25, 0.3) is 0 Å². The third-order valence-electron chi connectivity index (χ3n) is 2.86. The average Bonchev–Trinajstić information content (AvgIpc) is 3.02. The molecular weight excluding hydrogens is 264 g/mol. The highest BCUT2D eigenvalue weighted by Crippen LogP contribution is 2.16. The minimum Gasteiger partial charge on any atom is -0.384 e. The van der Waals surface area contributed by atoms with Crippen LogP contribution in [-0.2, 0) is 13.1 Å². The summed E-state index contributed by atoms with van der Waals surface area (Å²) in [5.41, 5.74) is 6.38. The molecule has 2 aromatic rings. The molecule has 0 fully saturated rings. The van der Waals surface area contributed by atoms with Gasteiger partial charge in [-0.25, -0.2) is 0 Å². The van der Waals surface area contributed by atoms with Crippen LogP contribution in [-0.4, -0.2) is 25.6 Å². The number of anilines is 1. The number of nitrogens with two attached hydrogens (primary N) is 1. The van der Waals surface area contributed by atoms with Crippen LogP contribution in [0.5, 0.6) is 0 Å². The van der Waals surface area contributed by atoms with Crippen LogP contribution in [0.3, 0.4) is 0 Å². The summed E-state index contributed by atoms with van der Waals surface area (Å²) in [5.74, 6) is -0.0253. The number of nitrogens with zero attached hydrogens (tertiary/aromatic N) is 3. The van der Waals surface area contributed by atoms with E-state index >= 15 is 0 Å². The maximum absolute atomic E-state index is 12.0. The molecule has 0 radical (unpaired) electrons. The first-order valence-electron chi connectivity index (χ1n) is 5.93. The number of rotatable bonds is 5. The van der Waals surface area contributed by atoms with Crippen molar-refractivity contribution in [2.75, 3.05) is 5.73 Å². The van der Waals surface area contributed by atoms with E-state index in [0.717, 1.165) is 0 Å². The molecule has 4 N–H and O–H groups in total. The Morgan fingerprint density at radius 2 is 2.40 bits per heavy atom. The zero-order valence-electron chi connectivity index (χ0n) is 10.8. The number of aromatic amines is 1. The minimum absolute atomic E-state index is 0.111. The highest BCUT2D eigenvalue weighted by atomic mass is 16.6. The second-order valence-corrected chi connectivity index (χ2v) is 4.12. The lowest BCUT2D eigenvalue weighted by Crippen LogP contribution is -2.25. The summed E-state index contributed by atoms with van der Waals surface area (Å²) < 4.78 is 1.52. The van der Waals surface area contributed by atoms with E-state index < -0.39 is 10.8 Å². The van der Waals surface area contributed by atoms with Crippen molar-refractivity contribution in [2.45, 2.75) is 20.0 Å². The molecule has 0 bridgehead atoms. The Morgan fingerprint density at radius 3 is 2.95 bits per heavy atom. The molecule has 9 nitrogen and oxygen atoms in total.